The first-order valence-electron chi connectivity index (χ1n) is 11.8. The Kier molecular flexibility index (Phi) is 7.04. The molecule has 33 heavy (non-hydrogen) atoms. The number of anilines is 1. The van der Waals surface area contributed by atoms with E-state index in [1.165, 1.54) is 5.56 Å². The summed E-state index contributed by atoms with van der Waals surface area (Å²) in [7, 11) is -3.46. The number of piperidine rings is 1. The van der Waals surface area contributed by atoms with Crippen LogP contribution in [0.15, 0.2) is 42.5 Å². The molecule has 1 saturated carbocycles. The normalized spacial score (nSPS) is 18.0. The molecule has 174 valence electrons. The number of sulfonamides is 1. The van der Waals surface area contributed by atoms with E-state index in [1.807, 2.05) is 42.2 Å². The Morgan fingerprint density at radius 3 is 2.30 bits per heavy atom. The van der Waals surface area contributed by atoms with E-state index in [2.05, 4.69) is 10.8 Å². The van der Waals surface area contributed by atoms with Crippen molar-refractivity contribution in [1.82, 2.24) is 4.90 Å². The van der Waals surface area contributed by atoms with Crippen LogP contribution in [0, 0.1) is 18.3 Å². The number of amides is 1. The highest BCUT2D eigenvalue weighted by Gasteiger charge is 2.29. The number of nitrogens with zero attached hydrogens (tertiary/aromatic N) is 2. The van der Waals surface area contributed by atoms with E-state index < -0.39 is 10.0 Å². The van der Waals surface area contributed by atoms with E-state index >= 15 is 0 Å². The van der Waals surface area contributed by atoms with Crippen LogP contribution in [0.5, 0.6) is 0 Å². The molecule has 2 aromatic rings. The van der Waals surface area contributed by atoms with Crippen molar-refractivity contribution in [3.63, 3.8) is 0 Å². The highest BCUT2D eigenvalue weighted by Crippen LogP contribution is 2.30. The lowest BCUT2D eigenvalue weighted by molar-refractivity contribution is 0.0713. The highest BCUT2D eigenvalue weighted by molar-refractivity contribution is 7.93. The van der Waals surface area contributed by atoms with Crippen LogP contribution >= 0.6 is 0 Å². The van der Waals surface area contributed by atoms with Gasteiger partial charge in [-0.25, -0.2) is 8.42 Å². The number of likely N-dealkylation sites (tertiary alicyclic amines) is 1. The first-order chi connectivity index (χ1) is 15.9. The second kappa shape index (κ2) is 9.96. The third kappa shape index (κ3) is 5.39. The molecule has 1 aliphatic carbocycles. The molecule has 2 fully saturated rings. The number of nitriles is 1. The number of rotatable bonds is 5. The Labute approximate surface area is 196 Å². The third-order valence-electron chi connectivity index (χ3n) is 7.02. The van der Waals surface area contributed by atoms with E-state index in [9.17, 15) is 13.2 Å². The molecule has 6 nitrogen and oxygen atoms in total. The Hall–Kier alpha value is -2.85. The molecule has 1 N–H and O–H groups in total. The molecule has 0 spiro atoms. The molecule has 1 saturated heterocycles. The minimum Gasteiger partial charge on any atom is -0.339 e. The molecule has 2 aromatic carbocycles. The van der Waals surface area contributed by atoms with Gasteiger partial charge >= 0.3 is 0 Å². The topological polar surface area (TPSA) is 90.3 Å². The molecule has 1 amide bonds. The fourth-order valence-electron chi connectivity index (χ4n) is 4.91. The lowest BCUT2D eigenvalue weighted by atomic mass is 9.89. The van der Waals surface area contributed by atoms with Crippen LogP contribution in [-0.2, 0) is 10.0 Å². The van der Waals surface area contributed by atoms with Crippen molar-refractivity contribution in [2.45, 2.75) is 63.0 Å². The van der Waals surface area contributed by atoms with Gasteiger partial charge in [0.15, 0.2) is 0 Å². The molecule has 4 rings (SSSR count). The smallest absolute Gasteiger partial charge is 0.253 e. The average Bonchev–Trinajstić information content (AvgIpc) is 2.85. The van der Waals surface area contributed by atoms with Crippen LogP contribution in [0.1, 0.15) is 77.9 Å². The monoisotopic (exact) mass is 465 g/mol. The summed E-state index contributed by atoms with van der Waals surface area (Å²) in [5.41, 5.74) is 3.68. The average molecular weight is 466 g/mol. The van der Waals surface area contributed by atoms with Crippen LogP contribution in [0.2, 0.25) is 0 Å². The molecule has 2 aliphatic rings. The van der Waals surface area contributed by atoms with Crippen LogP contribution in [0.4, 0.5) is 5.69 Å². The number of carbonyl (C=O) groups excluding carboxylic acids is 1. The van der Waals surface area contributed by atoms with Crippen LogP contribution in [0.25, 0.3) is 0 Å². The zero-order valence-corrected chi connectivity index (χ0v) is 19.9. The van der Waals surface area contributed by atoms with E-state index in [1.54, 1.807) is 12.1 Å². The van der Waals surface area contributed by atoms with Crippen molar-refractivity contribution in [3.05, 3.63) is 64.7 Å². The van der Waals surface area contributed by atoms with Crippen molar-refractivity contribution in [3.8, 4) is 6.07 Å². The first-order valence-corrected chi connectivity index (χ1v) is 13.3. The molecule has 7 heteroatoms. The van der Waals surface area contributed by atoms with Gasteiger partial charge in [-0.1, -0.05) is 37.5 Å². The number of hydrogen-bond donors (Lipinski definition) is 1. The number of hydrogen-bond acceptors (Lipinski definition) is 4. The minimum absolute atomic E-state index is 0.0635. The summed E-state index contributed by atoms with van der Waals surface area (Å²) in [4.78, 5) is 15.0. The molecular weight excluding hydrogens is 434 g/mol. The Morgan fingerprint density at radius 2 is 1.67 bits per heavy atom. The van der Waals surface area contributed by atoms with Crippen LogP contribution < -0.4 is 4.72 Å². The molecule has 0 bridgehead atoms. The molecule has 0 radical (unpaired) electrons. The van der Waals surface area contributed by atoms with Gasteiger partial charge in [-0.15, -0.1) is 0 Å². The highest BCUT2D eigenvalue weighted by atomic mass is 32.2. The minimum atomic E-state index is -3.46. The van der Waals surface area contributed by atoms with Gasteiger partial charge in [0.25, 0.3) is 5.91 Å². The van der Waals surface area contributed by atoms with Gasteiger partial charge in [0.1, 0.15) is 0 Å². The summed E-state index contributed by atoms with van der Waals surface area (Å²) in [6.45, 7) is 3.16. The van der Waals surface area contributed by atoms with Gasteiger partial charge in [-0.05, 0) is 73.9 Å². The Balaban J connectivity index is 1.42. The predicted molar refractivity (Wildman–Crippen MR) is 130 cm³/mol. The molecule has 1 aliphatic heterocycles. The maximum atomic E-state index is 13.2. The zero-order chi connectivity index (χ0) is 23.4. The molecule has 0 atom stereocenters. The number of nitrogens with one attached hydrogen (secondary N) is 1. The van der Waals surface area contributed by atoms with Crippen molar-refractivity contribution in [1.29, 1.82) is 5.26 Å². The second-order valence-electron chi connectivity index (χ2n) is 9.24. The van der Waals surface area contributed by atoms with Crippen LogP contribution in [-0.4, -0.2) is 37.6 Å². The van der Waals surface area contributed by atoms with Gasteiger partial charge in [-0.2, -0.15) is 5.26 Å². The quantitative estimate of drug-likeness (QED) is 0.676. The van der Waals surface area contributed by atoms with Crippen molar-refractivity contribution in [2.24, 2.45) is 0 Å². The summed E-state index contributed by atoms with van der Waals surface area (Å²) in [6.07, 6.45) is 6.11. The predicted octanol–water partition coefficient (Wildman–Crippen LogP) is 4.96. The summed E-state index contributed by atoms with van der Waals surface area (Å²) < 4.78 is 28.5. The van der Waals surface area contributed by atoms with Crippen LogP contribution in [0.3, 0.4) is 0 Å². The van der Waals surface area contributed by atoms with Gasteiger partial charge in [0.2, 0.25) is 10.0 Å². The number of aryl methyl sites for hydroxylation is 1. The number of carbonyl (C=O) groups is 1. The van der Waals surface area contributed by atoms with E-state index in [-0.39, 0.29) is 11.2 Å². The maximum Gasteiger partial charge on any atom is 0.253 e. The lowest BCUT2D eigenvalue weighted by Gasteiger charge is -2.32. The summed E-state index contributed by atoms with van der Waals surface area (Å²) in [5.74, 6) is 0.309. The fourth-order valence-corrected chi connectivity index (χ4v) is 6.55. The van der Waals surface area contributed by atoms with Gasteiger partial charge in [-0.3, -0.25) is 9.52 Å². The molecular formula is C26H31N3O3S. The zero-order valence-electron chi connectivity index (χ0n) is 19.1. The summed E-state index contributed by atoms with van der Waals surface area (Å²) >= 11 is 0. The summed E-state index contributed by atoms with van der Waals surface area (Å²) in [5, 5.41) is 8.62. The fraction of sp³-hybridized carbons (Fsp3) is 0.462. The number of benzene rings is 2. The van der Waals surface area contributed by atoms with E-state index in [0.717, 1.165) is 37.7 Å². The maximum absolute atomic E-state index is 13.2. The van der Waals surface area contributed by atoms with Crippen molar-refractivity contribution >= 4 is 21.6 Å². The molecule has 1 heterocycles. The van der Waals surface area contributed by atoms with Crippen molar-refractivity contribution in [2.75, 3.05) is 17.8 Å². The van der Waals surface area contributed by atoms with Gasteiger partial charge in [0, 0.05) is 18.7 Å². The summed E-state index contributed by atoms with van der Waals surface area (Å²) in [6, 6.07) is 15.1. The van der Waals surface area contributed by atoms with E-state index in [4.69, 9.17) is 5.26 Å². The third-order valence-corrected chi connectivity index (χ3v) is 8.87. The van der Waals surface area contributed by atoms with E-state index in [0.29, 0.717) is 48.7 Å². The molecule has 0 unspecified atom stereocenters. The Bertz CT molecular complexity index is 1140. The SMILES string of the molecule is Cc1ccc(C(=O)N2CCC(c3ccc(C#N)cc3)CC2)cc1NS(=O)(=O)C1CCCCC1. The standard InChI is InChI=1S/C26H31N3O3S/c1-19-7-10-23(17-25(19)28-33(31,32)24-5-3-2-4-6-24)26(30)29-15-13-22(14-16-29)21-11-8-20(18-27)9-12-21/h7-12,17,22,24,28H,2-6,13-16H2,1H3. The Morgan fingerprint density at radius 1 is 1.00 bits per heavy atom. The lowest BCUT2D eigenvalue weighted by Crippen LogP contribution is -2.38. The second-order valence-corrected chi connectivity index (χ2v) is 11.2. The first kappa shape index (κ1) is 23.3. The molecule has 0 aromatic heterocycles. The van der Waals surface area contributed by atoms with Gasteiger partial charge in [0.05, 0.1) is 22.6 Å². The van der Waals surface area contributed by atoms with Gasteiger partial charge < -0.3 is 4.90 Å². The van der Waals surface area contributed by atoms with Crippen molar-refractivity contribution < 1.29 is 13.2 Å². The largest absolute Gasteiger partial charge is 0.339 e.